The maximum atomic E-state index is 13.9. The van der Waals surface area contributed by atoms with Crippen LogP contribution in [0.25, 0.3) is 22.0 Å². The Kier molecular flexibility index (Phi) is 7.65. The number of benzene rings is 3. The predicted molar refractivity (Wildman–Crippen MR) is 138 cm³/mol. The van der Waals surface area contributed by atoms with Gasteiger partial charge in [-0.2, -0.15) is 18.3 Å². The summed E-state index contributed by atoms with van der Waals surface area (Å²) in [5, 5.41) is 12.2. The molecule has 0 fully saturated rings. The summed E-state index contributed by atoms with van der Waals surface area (Å²) in [4.78, 5) is 12.3. The molecule has 15 heteroatoms. The first-order valence-corrected chi connectivity index (χ1v) is 12.7. The number of nitrogen functional groups attached to an aromatic ring is 1. The number of alkyl halides is 3. The molecule has 4 rings (SSSR count). The number of anilines is 3. The van der Waals surface area contributed by atoms with Gasteiger partial charge in [-0.15, -0.1) is 0 Å². The first-order chi connectivity index (χ1) is 18.4. The Balaban J connectivity index is 1.46. The second-order valence-corrected chi connectivity index (χ2v) is 10.1. The smallest absolute Gasteiger partial charge is 0.490 e. The van der Waals surface area contributed by atoms with Gasteiger partial charge < -0.3 is 21.1 Å². The molecule has 10 nitrogen and oxygen atoms in total. The Morgan fingerprint density at radius 1 is 1.08 bits per heavy atom. The van der Waals surface area contributed by atoms with E-state index in [-0.39, 0.29) is 17.3 Å². The quantitative estimate of drug-likeness (QED) is 0.154. The molecule has 0 aliphatic heterocycles. The molecular formula is C24H22F4N6O4S. The van der Waals surface area contributed by atoms with Gasteiger partial charge in [0.1, 0.15) is 23.7 Å². The van der Waals surface area contributed by atoms with Crippen LogP contribution in [0.5, 0.6) is 5.75 Å². The Morgan fingerprint density at radius 2 is 1.79 bits per heavy atom. The Morgan fingerprint density at radius 3 is 2.49 bits per heavy atom. The third kappa shape index (κ3) is 6.21. The second kappa shape index (κ2) is 10.8. The predicted octanol–water partition coefficient (Wildman–Crippen LogP) is 4.72. The Hall–Kier alpha value is -4.37. The van der Waals surface area contributed by atoms with Gasteiger partial charge >= 0.3 is 21.6 Å². The lowest BCUT2D eigenvalue weighted by molar-refractivity contribution is -0.0448. The van der Waals surface area contributed by atoms with Gasteiger partial charge in [0.2, 0.25) is 0 Å². The molecule has 0 unspecified atom stereocenters. The van der Waals surface area contributed by atoms with E-state index in [1.165, 1.54) is 22.9 Å². The van der Waals surface area contributed by atoms with E-state index >= 15 is 0 Å². The summed E-state index contributed by atoms with van der Waals surface area (Å²) in [6.07, 6.45) is 0. The number of nitrogens with zero attached hydrogens (tertiary/aromatic N) is 1. The van der Waals surface area contributed by atoms with Crippen molar-refractivity contribution in [1.82, 2.24) is 14.9 Å². The van der Waals surface area contributed by atoms with Crippen LogP contribution >= 0.6 is 0 Å². The molecule has 0 atom stereocenters. The van der Waals surface area contributed by atoms with E-state index in [0.717, 1.165) is 5.56 Å². The molecule has 0 aliphatic rings. The van der Waals surface area contributed by atoms with Gasteiger partial charge in [0.05, 0.1) is 11.1 Å². The van der Waals surface area contributed by atoms with Crippen molar-refractivity contribution >= 4 is 44.1 Å². The number of carbonyl (C=O) groups excluding carboxylic acids is 1. The number of fused-ring (bicyclic) bond motifs is 1. The normalized spacial score (nSPS) is 11.9. The van der Waals surface area contributed by atoms with Crippen molar-refractivity contribution < 1.29 is 35.5 Å². The fourth-order valence-electron chi connectivity index (χ4n) is 3.67. The van der Waals surface area contributed by atoms with Crippen molar-refractivity contribution in [3.05, 3.63) is 66.0 Å². The Bertz CT molecular complexity index is 1620. The van der Waals surface area contributed by atoms with E-state index < -0.39 is 40.5 Å². The zero-order valence-corrected chi connectivity index (χ0v) is 21.0. The number of hydrogen-bond acceptors (Lipinski definition) is 6. The zero-order chi connectivity index (χ0) is 28.4. The summed E-state index contributed by atoms with van der Waals surface area (Å²) in [6, 6.07) is 13.6. The number of ether oxygens (including phenoxy) is 1. The zero-order valence-electron chi connectivity index (χ0n) is 20.2. The minimum absolute atomic E-state index is 0.0435. The minimum atomic E-state index is -5.48. The van der Waals surface area contributed by atoms with Crippen molar-refractivity contribution in [1.29, 1.82) is 0 Å². The number of halogens is 4. The highest BCUT2D eigenvalue weighted by atomic mass is 32.2. The number of aromatic amines is 1. The van der Waals surface area contributed by atoms with Gasteiger partial charge in [-0.05, 0) is 60.0 Å². The summed E-state index contributed by atoms with van der Waals surface area (Å²) >= 11 is 0. The van der Waals surface area contributed by atoms with Crippen LogP contribution in [0, 0.1) is 12.7 Å². The molecule has 0 bridgehead atoms. The first kappa shape index (κ1) is 27.7. The maximum Gasteiger partial charge on any atom is 0.511 e. The number of hydrogen-bond donors (Lipinski definition) is 5. The number of rotatable bonds is 8. The highest BCUT2D eigenvalue weighted by molar-refractivity contribution is 7.90. The van der Waals surface area contributed by atoms with Crippen molar-refractivity contribution in [2.75, 3.05) is 29.5 Å². The lowest BCUT2D eigenvalue weighted by atomic mass is 10.0. The average molecular weight is 567 g/mol. The van der Waals surface area contributed by atoms with Crippen molar-refractivity contribution in [2.24, 2.45) is 0 Å². The number of amides is 2. The van der Waals surface area contributed by atoms with E-state index in [1.807, 2.05) is 0 Å². The van der Waals surface area contributed by atoms with Crippen molar-refractivity contribution in [3.63, 3.8) is 0 Å². The molecule has 1 heterocycles. The largest absolute Gasteiger partial charge is 0.511 e. The van der Waals surface area contributed by atoms with E-state index in [2.05, 4.69) is 20.8 Å². The molecule has 0 aliphatic carbocycles. The van der Waals surface area contributed by atoms with Crippen molar-refractivity contribution in [2.45, 2.75) is 12.4 Å². The number of H-pyrrole nitrogens is 1. The molecule has 1 aromatic heterocycles. The fraction of sp³-hybridized carbons (Fsp3) is 0.167. The molecule has 6 N–H and O–H groups in total. The molecule has 3 aromatic carbocycles. The highest BCUT2D eigenvalue weighted by Gasteiger charge is 2.45. The summed E-state index contributed by atoms with van der Waals surface area (Å²) < 4.78 is 80.3. The van der Waals surface area contributed by atoms with E-state index in [1.54, 1.807) is 43.3 Å². The third-order valence-electron chi connectivity index (χ3n) is 5.49. The van der Waals surface area contributed by atoms with Gasteiger partial charge in [0.15, 0.2) is 5.82 Å². The van der Waals surface area contributed by atoms with E-state index in [4.69, 9.17) is 10.5 Å². The SMILES string of the molecule is Cc1ccc(F)c(NC(=O)Nc2ccc(-c3ccc(OCCNS(=O)(=O)C(F)(F)F)c4[nH]nc(N)c34)cc2)c1. The van der Waals surface area contributed by atoms with Gasteiger partial charge in [-0.25, -0.2) is 22.3 Å². The number of urea groups is 1. The van der Waals surface area contributed by atoms with Crippen LogP contribution in [-0.4, -0.2) is 43.3 Å². The second-order valence-electron chi connectivity index (χ2n) is 8.30. The van der Waals surface area contributed by atoms with Crippen LogP contribution < -0.4 is 25.8 Å². The third-order valence-corrected chi connectivity index (χ3v) is 6.69. The Labute approximate surface area is 219 Å². The topological polar surface area (TPSA) is 151 Å². The molecule has 206 valence electrons. The standard InChI is InChI=1S/C24H22F4N6O4S/c1-13-2-8-17(25)18(12-13)32-23(35)31-15-5-3-14(4-6-15)16-7-9-19(21-20(16)22(29)34-33-21)38-11-10-30-39(36,37)24(26,27)28/h2-9,12,30H,10-11H2,1H3,(H3,29,33,34)(H2,31,32,35). The number of aryl methyl sites for hydroxylation is 1. The summed E-state index contributed by atoms with van der Waals surface area (Å²) in [5.41, 5.74) is 3.54. The summed E-state index contributed by atoms with van der Waals surface area (Å²) in [5.74, 6) is -0.240. The molecule has 0 radical (unpaired) electrons. The van der Waals surface area contributed by atoms with Crippen LogP contribution in [0.4, 0.5) is 39.5 Å². The number of nitrogens with one attached hydrogen (secondary N) is 4. The summed E-state index contributed by atoms with van der Waals surface area (Å²) in [7, 11) is -5.48. The van der Waals surface area contributed by atoms with Gasteiger partial charge in [0.25, 0.3) is 0 Å². The molecule has 0 saturated heterocycles. The first-order valence-electron chi connectivity index (χ1n) is 11.3. The summed E-state index contributed by atoms with van der Waals surface area (Å²) in [6.45, 7) is 0.761. The van der Waals surface area contributed by atoms with E-state index in [0.29, 0.717) is 27.7 Å². The molecular weight excluding hydrogens is 544 g/mol. The fourth-order valence-corrected chi connectivity index (χ4v) is 4.18. The molecule has 0 saturated carbocycles. The molecule has 4 aromatic rings. The maximum absolute atomic E-state index is 13.9. The van der Waals surface area contributed by atoms with Crippen LogP contribution in [0.15, 0.2) is 54.6 Å². The van der Waals surface area contributed by atoms with Crippen molar-refractivity contribution in [3.8, 4) is 16.9 Å². The van der Waals surface area contributed by atoms with Crippen LogP contribution in [0.2, 0.25) is 0 Å². The van der Waals surface area contributed by atoms with Crippen LogP contribution in [0.1, 0.15) is 5.56 Å². The highest BCUT2D eigenvalue weighted by Crippen LogP contribution is 2.37. The van der Waals surface area contributed by atoms with E-state index in [9.17, 15) is 30.8 Å². The van der Waals surface area contributed by atoms with Gasteiger partial charge in [0, 0.05) is 12.2 Å². The molecule has 0 spiro atoms. The van der Waals surface area contributed by atoms with Crippen LogP contribution in [-0.2, 0) is 10.0 Å². The molecule has 2 amide bonds. The number of sulfonamides is 1. The monoisotopic (exact) mass is 566 g/mol. The minimum Gasteiger partial charge on any atom is -0.490 e. The van der Waals surface area contributed by atoms with Gasteiger partial charge in [-0.1, -0.05) is 18.2 Å². The van der Waals surface area contributed by atoms with Crippen LogP contribution in [0.3, 0.4) is 0 Å². The van der Waals surface area contributed by atoms with Gasteiger partial charge in [-0.3, -0.25) is 5.10 Å². The number of carbonyl (C=O) groups is 1. The average Bonchev–Trinajstić information content (AvgIpc) is 3.26. The lowest BCUT2D eigenvalue weighted by Gasteiger charge is -2.12. The number of nitrogens with two attached hydrogens (primary N) is 1. The molecule has 39 heavy (non-hydrogen) atoms. The lowest BCUT2D eigenvalue weighted by Crippen LogP contribution is -2.38. The number of aromatic nitrogens is 2.